The molecule has 0 saturated heterocycles. The number of carbonyl (C=O) groups is 1. The molecule has 0 bridgehead atoms. The molecule has 0 aliphatic heterocycles. The minimum absolute atomic E-state index is 0.0662. The van der Waals surface area contributed by atoms with Gasteiger partial charge in [0, 0.05) is 5.69 Å². The lowest BCUT2D eigenvalue weighted by atomic mass is 10.1. The molecule has 96 valence electrons. The zero-order valence-corrected chi connectivity index (χ0v) is 9.99. The summed E-state index contributed by atoms with van der Waals surface area (Å²) in [5.74, 6) is -0.131. The van der Waals surface area contributed by atoms with E-state index in [-0.39, 0.29) is 11.8 Å². The van der Waals surface area contributed by atoms with Crippen molar-refractivity contribution in [2.24, 2.45) is 5.92 Å². The summed E-state index contributed by atoms with van der Waals surface area (Å²) in [5, 5.41) is 21.5. The molecule has 1 amide bonds. The Morgan fingerprint density at radius 1 is 1.17 bits per heavy atom. The maximum absolute atomic E-state index is 11.6. The Hall–Kier alpha value is -1.65. The van der Waals surface area contributed by atoms with E-state index >= 15 is 0 Å². The number of amides is 1. The second-order valence-corrected chi connectivity index (χ2v) is 4.58. The van der Waals surface area contributed by atoms with Crippen LogP contribution in [0.1, 0.15) is 12.8 Å². The number of nitrogens with one attached hydrogen (secondary N) is 1. The Bertz CT molecular complexity index is 420. The number of anilines is 1. The monoisotopic (exact) mass is 247 g/mol. The van der Waals surface area contributed by atoms with E-state index in [1.54, 1.807) is 6.08 Å². The lowest BCUT2D eigenvalue weighted by Gasteiger charge is -2.03. The second-order valence-electron chi connectivity index (χ2n) is 4.58. The topological polar surface area (TPSA) is 69.6 Å². The number of allylic oxidation sites excluding steroid dienone is 1. The maximum Gasteiger partial charge on any atom is 0.248 e. The molecule has 1 aliphatic rings. The van der Waals surface area contributed by atoms with Crippen LogP contribution in [0.3, 0.4) is 0 Å². The SMILES string of the molecule is O=C(/C=C/C1C[C@@H](O)[C@@H](O)C1)Nc1ccccc1. The first-order chi connectivity index (χ1) is 8.65. The predicted molar refractivity (Wildman–Crippen MR) is 68.9 cm³/mol. The highest BCUT2D eigenvalue weighted by atomic mass is 16.3. The van der Waals surface area contributed by atoms with Gasteiger partial charge in [-0.25, -0.2) is 0 Å². The molecule has 0 aromatic heterocycles. The molecule has 18 heavy (non-hydrogen) atoms. The summed E-state index contributed by atoms with van der Waals surface area (Å²) in [6.07, 6.45) is 2.89. The second kappa shape index (κ2) is 5.80. The molecule has 3 N–H and O–H groups in total. The molecule has 2 rings (SSSR count). The molecule has 1 saturated carbocycles. The van der Waals surface area contributed by atoms with Gasteiger partial charge in [-0.15, -0.1) is 0 Å². The number of carbonyl (C=O) groups excluding carboxylic acids is 1. The zero-order valence-electron chi connectivity index (χ0n) is 9.99. The van der Waals surface area contributed by atoms with Gasteiger partial charge in [0.25, 0.3) is 0 Å². The fraction of sp³-hybridized carbons (Fsp3) is 0.357. The highest BCUT2D eigenvalue weighted by Gasteiger charge is 2.29. The maximum atomic E-state index is 11.6. The van der Waals surface area contributed by atoms with Crippen LogP contribution in [0.15, 0.2) is 42.5 Å². The zero-order chi connectivity index (χ0) is 13.0. The molecular weight excluding hydrogens is 230 g/mol. The summed E-state index contributed by atoms with van der Waals surface area (Å²) in [6.45, 7) is 0. The molecule has 1 aliphatic carbocycles. The normalized spacial score (nSPS) is 27.6. The van der Waals surface area contributed by atoms with Crippen LogP contribution in [0.2, 0.25) is 0 Å². The van der Waals surface area contributed by atoms with Crippen molar-refractivity contribution >= 4 is 11.6 Å². The van der Waals surface area contributed by atoms with Crippen LogP contribution in [0.4, 0.5) is 5.69 Å². The van der Waals surface area contributed by atoms with Crippen LogP contribution in [0.25, 0.3) is 0 Å². The number of hydrogen-bond donors (Lipinski definition) is 3. The smallest absolute Gasteiger partial charge is 0.248 e. The van der Waals surface area contributed by atoms with E-state index in [2.05, 4.69) is 5.32 Å². The first-order valence-corrected chi connectivity index (χ1v) is 6.05. The quantitative estimate of drug-likeness (QED) is 0.705. The lowest BCUT2D eigenvalue weighted by molar-refractivity contribution is -0.111. The number of aliphatic hydroxyl groups is 2. The van der Waals surface area contributed by atoms with E-state index in [1.165, 1.54) is 6.08 Å². The molecule has 1 unspecified atom stereocenters. The van der Waals surface area contributed by atoms with Gasteiger partial charge in [-0.2, -0.15) is 0 Å². The van der Waals surface area contributed by atoms with Gasteiger partial charge in [-0.05, 0) is 37.0 Å². The Morgan fingerprint density at radius 3 is 2.39 bits per heavy atom. The summed E-state index contributed by atoms with van der Waals surface area (Å²) < 4.78 is 0. The Kier molecular flexibility index (Phi) is 4.12. The fourth-order valence-electron chi connectivity index (χ4n) is 2.12. The molecule has 4 heteroatoms. The third-order valence-electron chi connectivity index (χ3n) is 3.09. The number of rotatable bonds is 3. The van der Waals surface area contributed by atoms with Gasteiger partial charge < -0.3 is 15.5 Å². The average Bonchev–Trinajstić information content (AvgIpc) is 2.68. The number of para-hydroxylation sites is 1. The molecule has 4 nitrogen and oxygen atoms in total. The van der Waals surface area contributed by atoms with E-state index in [9.17, 15) is 15.0 Å². The van der Waals surface area contributed by atoms with Crippen molar-refractivity contribution < 1.29 is 15.0 Å². The van der Waals surface area contributed by atoms with Gasteiger partial charge in [0.1, 0.15) is 0 Å². The Labute approximate surface area is 106 Å². The summed E-state index contributed by atoms with van der Waals surface area (Å²) in [5.41, 5.74) is 0.749. The summed E-state index contributed by atoms with van der Waals surface area (Å²) in [4.78, 5) is 11.6. The van der Waals surface area contributed by atoms with E-state index < -0.39 is 12.2 Å². The predicted octanol–water partition coefficient (Wildman–Crippen LogP) is 1.31. The van der Waals surface area contributed by atoms with Gasteiger partial charge in [-0.3, -0.25) is 4.79 Å². The largest absolute Gasteiger partial charge is 0.390 e. The fourth-order valence-corrected chi connectivity index (χ4v) is 2.12. The van der Waals surface area contributed by atoms with Crippen LogP contribution in [0.5, 0.6) is 0 Å². The van der Waals surface area contributed by atoms with Crippen molar-refractivity contribution in [1.29, 1.82) is 0 Å². The van der Waals surface area contributed by atoms with Crippen molar-refractivity contribution in [3.05, 3.63) is 42.5 Å². The molecule has 1 fully saturated rings. The molecular formula is C14H17NO3. The summed E-state index contributed by atoms with van der Waals surface area (Å²) >= 11 is 0. The van der Waals surface area contributed by atoms with Crippen LogP contribution in [-0.4, -0.2) is 28.3 Å². The molecule has 0 spiro atoms. The third kappa shape index (κ3) is 3.42. The molecule has 1 aromatic rings. The first kappa shape index (κ1) is 12.8. The number of benzene rings is 1. The molecule has 0 radical (unpaired) electrons. The van der Waals surface area contributed by atoms with Crippen molar-refractivity contribution in [3.63, 3.8) is 0 Å². The van der Waals surface area contributed by atoms with Gasteiger partial charge in [-0.1, -0.05) is 24.3 Å². The van der Waals surface area contributed by atoms with Crippen molar-refractivity contribution in [1.82, 2.24) is 0 Å². The lowest BCUT2D eigenvalue weighted by Crippen LogP contribution is -2.17. The Balaban J connectivity index is 1.85. The first-order valence-electron chi connectivity index (χ1n) is 6.05. The molecule has 1 aromatic carbocycles. The van der Waals surface area contributed by atoms with Crippen molar-refractivity contribution in [2.75, 3.05) is 5.32 Å². The highest BCUT2D eigenvalue weighted by molar-refractivity contribution is 5.99. The molecule has 3 atom stereocenters. The number of aliphatic hydroxyl groups excluding tert-OH is 2. The van der Waals surface area contributed by atoms with E-state index in [4.69, 9.17) is 0 Å². The van der Waals surface area contributed by atoms with Crippen LogP contribution >= 0.6 is 0 Å². The van der Waals surface area contributed by atoms with Crippen molar-refractivity contribution in [3.8, 4) is 0 Å². The molecule has 0 heterocycles. The van der Waals surface area contributed by atoms with Crippen LogP contribution in [-0.2, 0) is 4.79 Å². The van der Waals surface area contributed by atoms with Crippen LogP contribution in [0, 0.1) is 5.92 Å². The van der Waals surface area contributed by atoms with Crippen molar-refractivity contribution in [2.45, 2.75) is 25.0 Å². The standard InChI is InChI=1S/C14H17NO3/c16-12-8-10(9-13(12)17)6-7-14(18)15-11-4-2-1-3-5-11/h1-7,10,12-13,16-17H,8-9H2,(H,15,18)/b7-6+/t10?,12-,13+. The van der Waals surface area contributed by atoms with Gasteiger partial charge in [0.15, 0.2) is 0 Å². The third-order valence-corrected chi connectivity index (χ3v) is 3.09. The highest BCUT2D eigenvalue weighted by Crippen LogP contribution is 2.26. The summed E-state index contributed by atoms with van der Waals surface area (Å²) in [6, 6.07) is 9.21. The van der Waals surface area contributed by atoms with Gasteiger partial charge >= 0.3 is 0 Å². The van der Waals surface area contributed by atoms with E-state index in [1.807, 2.05) is 30.3 Å². The van der Waals surface area contributed by atoms with Crippen LogP contribution < -0.4 is 5.32 Å². The average molecular weight is 247 g/mol. The number of hydrogen-bond acceptors (Lipinski definition) is 3. The summed E-state index contributed by atoms with van der Waals surface area (Å²) in [7, 11) is 0. The van der Waals surface area contributed by atoms with E-state index in [0.717, 1.165) is 5.69 Å². The van der Waals surface area contributed by atoms with Gasteiger partial charge in [0.05, 0.1) is 12.2 Å². The minimum Gasteiger partial charge on any atom is -0.390 e. The Morgan fingerprint density at radius 2 is 1.78 bits per heavy atom. The van der Waals surface area contributed by atoms with E-state index in [0.29, 0.717) is 12.8 Å². The van der Waals surface area contributed by atoms with Gasteiger partial charge in [0.2, 0.25) is 5.91 Å². The minimum atomic E-state index is -0.670.